The van der Waals surface area contributed by atoms with Gasteiger partial charge in [0.25, 0.3) is 0 Å². The van der Waals surface area contributed by atoms with E-state index in [4.69, 9.17) is 0 Å². The van der Waals surface area contributed by atoms with Crippen LogP contribution < -0.4 is 0 Å². The molecule has 2 rings (SSSR count). The minimum absolute atomic E-state index is 0.224. The van der Waals surface area contributed by atoms with Gasteiger partial charge in [-0.2, -0.15) is 0 Å². The summed E-state index contributed by atoms with van der Waals surface area (Å²) in [5.41, 5.74) is 0. The molecule has 92 valence electrons. The fourth-order valence-corrected chi connectivity index (χ4v) is 3.35. The minimum Gasteiger partial charge on any atom is -0.480 e. The van der Waals surface area contributed by atoms with Crippen LogP contribution in [0.25, 0.3) is 0 Å². The number of carboxylic acids is 1. The van der Waals surface area contributed by atoms with Crippen molar-refractivity contribution in [1.29, 1.82) is 0 Å². The lowest BCUT2D eigenvalue weighted by molar-refractivity contribution is -0.144. The van der Waals surface area contributed by atoms with Crippen LogP contribution in [0.15, 0.2) is 0 Å². The van der Waals surface area contributed by atoms with E-state index in [0.717, 1.165) is 18.9 Å². The number of hydrogen-bond donors (Lipinski definition) is 1. The molecule has 0 bridgehead atoms. The molecule has 3 nitrogen and oxygen atoms in total. The zero-order chi connectivity index (χ0) is 11.7. The van der Waals surface area contributed by atoms with Crippen LogP contribution in [0.3, 0.4) is 0 Å². The minimum atomic E-state index is -0.622. The number of nitrogens with zero attached hydrogens (tertiary/aromatic N) is 1. The third kappa shape index (κ3) is 2.24. The number of aliphatic carboxylic acids is 1. The van der Waals surface area contributed by atoms with E-state index in [9.17, 15) is 9.90 Å². The number of hydrogen-bond acceptors (Lipinski definition) is 2. The Balaban J connectivity index is 2.00. The van der Waals surface area contributed by atoms with Crippen molar-refractivity contribution in [3.8, 4) is 0 Å². The van der Waals surface area contributed by atoms with Crippen molar-refractivity contribution in [2.75, 3.05) is 6.54 Å². The van der Waals surface area contributed by atoms with Crippen LogP contribution in [0.4, 0.5) is 0 Å². The SMILES string of the molecule is CC1CCC(N2CCC(C)C2C(=O)O)CC1. The van der Waals surface area contributed by atoms with E-state index in [2.05, 4.69) is 18.7 Å². The van der Waals surface area contributed by atoms with Crippen LogP contribution in [-0.4, -0.2) is 34.6 Å². The first-order chi connectivity index (χ1) is 7.59. The Hall–Kier alpha value is -0.570. The van der Waals surface area contributed by atoms with Crippen molar-refractivity contribution in [2.24, 2.45) is 11.8 Å². The van der Waals surface area contributed by atoms with E-state index in [-0.39, 0.29) is 6.04 Å². The van der Waals surface area contributed by atoms with Gasteiger partial charge in [0.15, 0.2) is 0 Å². The van der Waals surface area contributed by atoms with Crippen molar-refractivity contribution in [3.05, 3.63) is 0 Å². The first kappa shape index (κ1) is 11.9. The van der Waals surface area contributed by atoms with Crippen molar-refractivity contribution in [2.45, 2.75) is 58.0 Å². The summed E-state index contributed by atoms with van der Waals surface area (Å²) in [6, 6.07) is 0.306. The predicted molar refractivity (Wildman–Crippen MR) is 63.3 cm³/mol. The molecule has 0 aromatic rings. The average molecular weight is 225 g/mol. The highest BCUT2D eigenvalue weighted by molar-refractivity contribution is 5.74. The summed E-state index contributed by atoms with van der Waals surface area (Å²) < 4.78 is 0. The summed E-state index contributed by atoms with van der Waals surface area (Å²) in [4.78, 5) is 13.6. The third-order valence-electron chi connectivity index (χ3n) is 4.45. The quantitative estimate of drug-likeness (QED) is 0.784. The normalized spacial score (nSPS) is 41.1. The van der Waals surface area contributed by atoms with Crippen molar-refractivity contribution >= 4 is 5.97 Å². The van der Waals surface area contributed by atoms with Gasteiger partial charge < -0.3 is 5.11 Å². The molecule has 3 heteroatoms. The van der Waals surface area contributed by atoms with E-state index in [1.807, 2.05) is 0 Å². The van der Waals surface area contributed by atoms with Gasteiger partial charge in [0.05, 0.1) is 0 Å². The molecule has 1 saturated heterocycles. The van der Waals surface area contributed by atoms with Crippen LogP contribution >= 0.6 is 0 Å². The molecule has 2 fully saturated rings. The molecule has 1 aliphatic heterocycles. The molecule has 16 heavy (non-hydrogen) atoms. The summed E-state index contributed by atoms with van der Waals surface area (Å²) in [5, 5.41) is 9.30. The monoisotopic (exact) mass is 225 g/mol. The number of carbonyl (C=O) groups is 1. The smallest absolute Gasteiger partial charge is 0.321 e. The molecule has 2 atom stereocenters. The lowest BCUT2D eigenvalue weighted by atomic mass is 9.86. The Labute approximate surface area is 97.8 Å². The van der Waals surface area contributed by atoms with E-state index in [0.29, 0.717) is 12.0 Å². The first-order valence-electron chi connectivity index (χ1n) is 6.58. The molecule has 0 aromatic heterocycles. The van der Waals surface area contributed by atoms with Gasteiger partial charge in [-0.25, -0.2) is 0 Å². The van der Waals surface area contributed by atoms with E-state index >= 15 is 0 Å². The summed E-state index contributed by atoms with van der Waals surface area (Å²) in [6.45, 7) is 5.36. The molecule has 2 unspecified atom stereocenters. The molecule has 1 N–H and O–H groups in total. The maximum Gasteiger partial charge on any atom is 0.321 e. The zero-order valence-corrected chi connectivity index (χ0v) is 10.4. The van der Waals surface area contributed by atoms with Crippen molar-refractivity contribution < 1.29 is 9.90 Å². The second kappa shape index (κ2) is 4.74. The Morgan fingerprint density at radius 1 is 1.12 bits per heavy atom. The Morgan fingerprint density at radius 2 is 1.75 bits per heavy atom. The second-order valence-corrected chi connectivity index (χ2v) is 5.70. The molecule has 1 aliphatic carbocycles. The number of carboxylic acid groups (broad SMARTS) is 1. The molecule has 1 heterocycles. The standard InChI is InChI=1S/C13H23NO2/c1-9-3-5-11(6-4-9)14-8-7-10(2)12(14)13(15)16/h9-12H,3-8H2,1-2H3,(H,15,16). The van der Waals surface area contributed by atoms with Crippen LogP contribution in [0, 0.1) is 11.8 Å². The van der Waals surface area contributed by atoms with Gasteiger partial charge in [0.2, 0.25) is 0 Å². The highest BCUT2D eigenvalue weighted by atomic mass is 16.4. The summed E-state index contributed by atoms with van der Waals surface area (Å²) in [7, 11) is 0. The number of likely N-dealkylation sites (tertiary alicyclic amines) is 1. The molecular weight excluding hydrogens is 202 g/mol. The lowest BCUT2D eigenvalue weighted by Gasteiger charge is -2.36. The van der Waals surface area contributed by atoms with Crippen molar-refractivity contribution in [3.63, 3.8) is 0 Å². The van der Waals surface area contributed by atoms with Gasteiger partial charge >= 0.3 is 5.97 Å². The number of rotatable bonds is 2. The van der Waals surface area contributed by atoms with Gasteiger partial charge in [-0.15, -0.1) is 0 Å². The summed E-state index contributed by atoms with van der Waals surface area (Å²) in [6.07, 6.45) is 5.96. The summed E-state index contributed by atoms with van der Waals surface area (Å²) in [5.74, 6) is 0.528. The molecule has 0 aromatic carbocycles. The lowest BCUT2D eigenvalue weighted by Crippen LogP contribution is -2.46. The maximum absolute atomic E-state index is 11.3. The van der Waals surface area contributed by atoms with Crippen molar-refractivity contribution in [1.82, 2.24) is 4.90 Å². The van der Waals surface area contributed by atoms with Gasteiger partial charge in [-0.05, 0) is 50.5 Å². The van der Waals surface area contributed by atoms with Gasteiger partial charge in [0, 0.05) is 6.04 Å². The second-order valence-electron chi connectivity index (χ2n) is 5.70. The molecule has 0 spiro atoms. The van der Waals surface area contributed by atoms with E-state index in [1.165, 1.54) is 25.7 Å². The molecule has 0 radical (unpaired) electrons. The van der Waals surface area contributed by atoms with E-state index in [1.54, 1.807) is 0 Å². The topological polar surface area (TPSA) is 40.5 Å². The molecular formula is C13H23NO2. The van der Waals surface area contributed by atoms with Crippen LogP contribution in [0.2, 0.25) is 0 Å². The maximum atomic E-state index is 11.3. The Morgan fingerprint density at radius 3 is 2.31 bits per heavy atom. The van der Waals surface area contributed by atoms with Gasteiger partial charge in [-0.3, -0.25) is 9.69 Å². The Bertz CT molecular complexity index is 259. The summed E-state index contributed by atoms with van der Waals surface area (Å²) >= 11 is 0. The fraction of sp³-hybridized carbons (Fsp3) is 0.923. The van der Waals surface area contributed by atoms with Crippen LogP contribution in [-0.2, 0) is 4.79 Å². The first-order valence-corrected chi connectivity index (χ1v) is 6.58. The molecule has 2 aliphatic rings. The third-order valence-corrected chi connectivity index (χ3v) is 4.45. The molecule has 0 amide bonds. The zero-order valence-electron chi connectivity index (χ0n) is 10.4. The molecule has 1 saturated carbocycles. The highest BCUT2D eigenvalue weighted by Gasteiger charge is 2.40. The predicted octanol–water partition coefficient (Wildman–Crippen LogP) is 2.36. The van der Waals surface area contributed by atoms with Crippen LogP contribution in [0.1, 0.15) is 46.0 Å². The van der Waals surface area contributed by atoms with Gasteiger partial charge in [0.1, 0.15) is 6.04 Å². The average Bonchev–Trinajstić information content (AvgIpc) is 2.61. The van der Waals surface area contributed by atoms with E-state index < -0.39 is 5.97 Å². The highest BCUT2D eigenvalue weighted by Crippen LogP contribution is 2.33. The largest absolute Gasteiger partial charge is 0.480 e. The fourth-order valence-electron chi connectivity index (χ4n) is 3.35. The van der Waals surface area contributed by atoms with Crippen LogP contribution in [0.5, 0.6) is 0 Å². The Kier molecular flexibility index (Phi) is 3.53. The van der Waals surface area contributed by atoms with Gasteiger partial charge in [-0.1, -0.05) is 13.8 Å².